The molecule has 15 nitrogen and oxygen atoms in total. The molecular formula is C87H37F4N15. The van der Waals surface area contributed by atoms with Crippen LogP contribution >= 0.6 is 0 Å². The largest absolute Gasteiger partial charge is 0.262 e. The molecule has 488 valence electrons. The van der Waals surface area contributed by atoms with Gasteiger partial charge in [0.1, 0.15) is 0 Å². The highest BCUT2D eigenvalue weighted by atomic mass is 19.2. The summed E-state index contributed by atoms with van der Waals surface area (Å²) >= 11 is 0. The van der Waals surface area contributed by atoms with Gasteiger partial charge in [-0.2, -0.15) is 15.8 Å². The summed E-state index contributed by atoms with van der Waals surface area (Å²) in [5.74, 6) is -6.94. The van der Waals surface area contributed by atoms with E-state index in [0.29, 0.717) is 134 Å². The van der Waals surface area contributed by atoms with Crippen LogP contribution in [0.15, 0.2) is 224 Å². The second-order valence-electron chi connectivity index (χ2n) is 24.0. The van der Waals surface area contributed by atoms with Crippen molar-refractivity contribution in [3.8, 4) is 108 Å². The van der Waals surface area contributed by atoms with E-state index in [9.17, 15) is 33.3 Å². The fourth-order valence-corrected chi connectivity index (χ4v) is 12.9. The van der Waals surface area contributed by atoms with E-state index in [2.05, 4.69) is 47.3 Å². The van der Waals surface area contributed by atoms with Crippen molar-refractivity contribution >= 4 is 99.5 Å². The first-order valence-electron chi connectivity index (χ1n) is 32.0. The Labute approximate surface area is 600 Å². The van der Waals surface area contributed by atoms with Crippen molar-refractivity contribution in [3.63, 3.8) is 0 Å². The Morgan fingerprint density at radius 3 is 1.00 bits per heavy atom. The third kappa shape index (κ3) is 11.5. The van der Waals surface area contributed by atoms with Crippen LogP contribution in [-0.4, -0.2) is 29.9 Å². The summed E-state index contributed by atoms with van der Waals surface area (Å²) in [6, 6.07) is 71.5. The van der Waals surface area contributed by atoms with E-state index in [1.54, 1.807) is 103 Å². The summed E-state index contributed by atoms with van der Waals surface area (Å²) in [5.41, 5.74) is 12.5. The Balaban J connectivity index is 0.000000170. The summed E-state index contributed by atoms with van der Waals surface area (Å²) in [5, 5.41) is 32.7. The van der Waals surface area contributed by atoms with Gasteiger partial charge in [-0.25, -0.2) is 66.6 Å². The number of aromatic nitrogens is 6. The van der Waals surface area contributed by atoms with Gasteiger partial charge in [-0.15, -0.1) is 0 Å². The predicted molar refractivity (Wildman–Crippen MR) is 400 cm³/mol. The zero-order valence-electron chi connectivity index (χ0n) is 54.6. The van der Waals surface area contributed by atoms with Crippen molar-refractivity contribution in [1.29, 1.82) is 15.8 Å². The Bertz CT molecular complexity index is 6820. The molecule has 12 aromatic carbocycles. The summed E-state index contributed by atoms with van der Waals surface area (Å²) < 4.78 is 59.0. The number of nitriles is 3. The fourth-order valence-electron chi connectivity index (χ4n) is 12.9. The summed E-state index contributed by atoms with van der Waals surface area (Å²) in [6.45, 7) is 45.6. The lowest BCUT2D eigenvalue weighted by Gasteiger charge is -2.16. The highest BCUT2D eigenvalue weighted by Crippen LogP contribution is 2.47. The van der Waals surface area contributed by atoms with Gasteiger partial charge < -0.3 is 0 Å². The summed E-state index contributed by atoms with van der Waals surface area (Å²) in [4.78, 5) is 51.6. The van der Waals surface area contributed by atoms with Crippen molar-refractivity contribution < 1.29 is 17.6 Å². The molecule has 0 saturated heterocycles. The van der Waals surface area contributed by atoms with Crippen LogP contribution in [0.1, 0.15) is 16.7 Å². The van der Waals surface area contributed by atoms with Crippen molar-refractivity contribution in [2.75, 3.05) is 0 Å². The lowest BCUT2D eigenvalue weighted by Crippen LogP contribution is -2.00. The molecule has 4 heterocycles. The van der Waals surface area contributed by atoms with E-state index in [1.807, 2.05) is 97.1 Å². The molecule has 0 spiro atoms. The summed E-state index contributed by atoms with van der Waals surface area (Å²) in [6.07, 6.45) is 0. The second kappa shape index (κ2) is 27.1. The maximum absolute atomic E-state index is 15.0. The Morgan fingerprint density at radius 2 is 0.623 bits per heavy atom. The zero-order chi connectivity index (χ0) is 73.4. The molecule has 0 atom stereocenters. The third-order valence-corrected chi connectivity index (χ3v) is 18.0. The number of rotatable bonds is 8. The molecule has 0 aliphatic rings. The van der Waals surface area contributed by atoms with Gasteiger partial charge in [0.2, 0.25) is 11.4 Å². The van der Waals surface area contributed by atoms with Crippen molar-refractivity contribution in [3.05, 3.63) is 333 Å². The van der Waals surface area contributed by atoms with Crippen LogP contribution in [-0.2, 0) is 0 Å². The molecule has 4 aromatic heterocycles. The number of hydrogen-bond donors (Lipinski definition) is 0. The molecule has 0 saturated carbocycles. The molecule has 0 amide bonds. The van der Waals surface area contributed by atoms with Crippen molar-refractivity contribution in [2.45, 2.75) is 0 Å². The van der Waals surface area contributed by atoms with Gasteiger partial charge in [0.15, 0.2) is 40.3 Å². The fraction of sp³-hybridized carbons (Fsp3) is 0. The number of halogens is 4. The molecule has 0 N–H and O–H groups in total. The lowest BCUT2D eigenvalue weighted by molar-refractivity contribution is 0.465. The standard InChI is InChI=1S/C44H20N8.C43H17F4N7/c1-47-33-18-16-31(17-19-33)41-42(30-10-8-26(24-45)9-11-30)52-44-39-35-6-4-5-7-37(35)50-40(36(39)23-38(49-3)43(44)51-41)29-14-12-28(13-15-29)32-20-27(25-46)21-34(22-32)48-2;1-49-27-18-16-26(17-19-27)39-40(25-10-8-22(21-48)9-11-25)54-42-33-28-6-4-5-7-30(28)52-38(29(33)20-31(50-2)41(42)53-39)24-14-12-23(13-15-24)32-34(44)36(46)43(51-3)37(47)35(32)45/h4-23H;4-20H. The average molecular weight is 1370 g/mol. The van der Waals surface area contributed by atoms with Crippen molar-refractivity contribution in [2.24, 2.45) is 0 Å². The van der Waals surface area contributed by atoms with Crippen LogP contribution in [0.3, 0.4) is 0 Å². The lowest BCUT2D eigenvalue weighted by atomic mass is 9.95. The Morgan fingerprint density at radius 1 is 0.274 bits per heavy atom. The number of fused-ring (bicyclic) bond motifs is 10. The smallest absolute Gasteiger partial charge is 0.255 e. The monoisotopic (exact) mass is 1370 g/mol. The van der Waals surface area contributed by atoms with Gasteiger partial charge in [-0.05, 0) is 94.5 Å². The van der Waals surface area contributed by atoms with Crippen molar-refractivity contribution in [1.82, 2.24) is 29.9 Å². The molecule has 0 aliphatic heterocycles. The first-order chi connectivity index (χ1) is 51.8. The molecule has 106 heavy (non-hydrogen) atoms. The molecule has 16 rings (SSSR count). The summed E-state index contributed by atoms with van der Waals surface area (Å²) in [7, 11) is 0. The molecule has 19 heteroatoms. The van der Waals surface area contributed by atoms with Gasteiger partial charge in [0.05, 0.1) is 142 Å². The van der Waals surface area contributed by atoms with Gasteiger partial charge in [0, 0.05) is 60.1 Å². The molecule has 0 radical (unpaired) electrons. The van der Waals surface area contributed by atoms with Crippen LogP contribution in [0.4, 0.5) is 51.7 Å². The molecule has 0 bridgehead atoms. The van der Waals surface area contributed by atoms with E-state index in [0.717, 1.165) is 49.5 Å². The number of nitrogens with zero attached hydrogens (tertiary/aromatic N) is 15. The van der Waals surface area contributed by atoms with Crippen LogP contribution in [0.5, 0.6) is 0 Å². The quantitative estimate of drug-likeness (QED) is 0.0620. The minimum atomic E-state index is -1.78. The van der Waals surface area contributed by atoms with Crippen LogP contribution in [0.2, 0.25) is 0 Å². The maximum atomic E-state index is 15.0. The van der Waals surface area contributed by atoms with Crippen LogP contribution in [0.25, 0.3) is 184 Å². The Kier molecular flexibility index (Phi) is 16.8. The first-order valence-corrected chi connectivity index (χ1v) is 32.0. The molecule has 0 unspecified atom stereocenters. The van der Waals surface area contributed by atoms with Crippen LogP contribution in [0, 0.1) is 96.7 Å². The predicted octanol–water partition coefficient (Wildman–Crippen LogP) is 23.5. The third-order valence-electron chi connectivity index (χ3n) is 18.0. The minimum Gasteiger partial charge on any atom is -0.255 e. The number of pyridine rings is 2. The van der Waals surface area contributed by atoms with Gasteiger partial charge in [-0.1, -0.05) is 158 Å². The zero-order valence-corrected chi connectivity index (χ0v) is 54.6. The van der Waals surface area contributed by atoms with Gasteiger partial charge in [-0.3, -0.25) is 9.97 Å². The van der Waals surface area contributed by atoms with E-state index < -0.39 is 34.5 Å². The SMILES string of the molecule is [C-]#[N+]c1ccc(-c2nc3c([N+]#[C-])cc4c(-c5ccc(-c6c(F)c(F)c([N+]#[C-])c(F)c6F)cc5)nc5ccccc5c4c3nc2-c2ccc(C#N)cc2)cc1.[C-]#[N+]c1ccc(-c2nc3c([N+]#[C-])cc4c(-c5ccc(-c6cc(C#N)cc([N+]#[C-])c6)cc5)nc5ccccc5c4c3nc2-c2ccc(C#N)cc2)cc1. The number of benzene rings is 12. The highest BCUT2D eigenvalue weighted by molar-refractivity contribution is 6.25. The first kappa shape index (κ1) is 65.7. The van der Waals surface area contributed by atoms with E-state index >= 15 is 0 Å². The van der Waals surface area contributed by atoms with Gasteiger partial charge >= 0.3 is 0 Å². The molecular weight excluding hydrogens is 1330 g/mol. The van der Waals surface area contributed by atoms with Gasteiger partial charge in [0.25, 0.3) is 5.69 Å². The molecule has 0 fully saturated rings. The number of para-hydroxylation sites is 2. The van der Waals surface area contributed by atoms with E-state index in [1.165, 1.54) is 24.3 Å². The molecule has 16 aromatic rings. The Hall–Kier alpha value is -16.2. The number of hydrogen-bond acceptors (Lipinski definition) is 9. The molecule has 0 aliphatic carbocycles. The highest BCUT2D eigenvalue weighted by Gasteiger charge is 2.28. The topological polar surface area (TPSA) is 175 Å². The maximum Gasteiger partial charge on any atom is 0.262 e. The minimum absolute atomic E-state index is 0.167. The van der Waals surface area contributed by atoms with Crippen LogP contribution < -0.4 is 0 Å². The van der Waals surface area contributed by atoms with E-state index in [-0.39, 0.29) is 11.3 Å². The normalized spacial score (nSPS) is 10.7. The second-order valence-corrected chi connectivity index (χ2v) is 24.0. The average Bonchev–Trinajstić information content (AvgIpc) is 0.727. The van der Waals surface area contributed by atoms with E-state index in [4.69, 9.17) is 69.3 Å².